The first-order chi connectivity index (χ1) is 32.6. The Labute approximate surface area is 392 Å². The van der Waals surface area contributed by atoms with E-state index >= 15 is 0 Å². The number of hydrogen-bond donors (Lipinski definition) is 0. The van der Waals surface area contributed by atoms with Gasteiger partial charge >= 0.3 is 0 Å². The van der Waals surface area contributed by atoms with Gasteiger partial charge in [0.2, 0.25) is 0 Å². The third kappa shape index (κ3) is 6.11. The summed E-state index contributed by atoms with van der Waals surface area (Å²) in [7, 11) is 0. The first kappa shape index (κ1) is 39.9. The van der Waals surface area contributed by atoms with Crippen molar-refractivity contribution in [2.45, 2.75) is 88.4 Å². The summed E-state index contributed by atoms with van der Waals surface area (Å²) in [6.07, 6.45) is 14.4. The van der Waals surface area contributed by atoms with Gasteiger partial charge < -0.3 is 4.90 Å². The molecule has 0 saturated heterocycles. The second-order valence-electron chi connectivity index (χ2n) is 20.5. The monoisotopic (exact) mass is 853 g/mol. The lowest BCUT2D eigenvalue weighted by Gasteiger charge is -2.54. The van der Waals surface area contributed by atoms with Crippen LogP contribution in [-0.4, -0.2) is 0 Å². The van der Waals surface area contributed by atoms with Gasteiger partial charge in [-0.05, 0) is 176 Å². The van der Waals surface area contributed by atoms with Gasteiger partial charge in [0.1, 0.15) is 0 Å². The van der Waals surface area contributed by atoms with Crippen LogP contribution in [0.15, 0.2) is 188 Å². The Morgan fingerprint density at radius 2 is 0.985 bits per heavy atom. The molecule has 5 aliphatic carbocycles. The molecular formula is C65H59N. The summed E-state index contributed by atoms with van der Waals surface area (Å²) in [5.41, 5.74) is 23.4. The Hall–Kier alpha value is -6.44. The third-order valence-corrected chi connectivity index (χ3v) is 17.4. The number of benzene rings is 8. The molecule has 0 radical (unpaired) electrons. The van der Waals surface area contributed by atoms with Crippen LogP contribution in [-0.2, 0) is 10.8 Å². The van der Waals surface area contributed by atoms with E-state index in [0.29, 0.717) is 11.8 Å². The molecule has 13 rings (SSSR count). The SMILES string of the molecule is CCC1CC2CCCC(C2)C12c1ccccc1-c1ccc(-c3cccc(N(c4ccc(-c5cccc(-c6ccccc6)c5)cc4)c4ccc5c(c4)C4(CCCCC4)c4ccccc4-5)c3)cc12. The molecule has 66 heavy (non-hydrogen) atoms. The van der Waals surface area contributed by atoms with Crippen LogP contribution in [0.4, 0.5) is 17.1 Å². The minimum absolute atomic E-state index is 0.0765. The van der Waals surface area contributed by atoms with E-state index in [1.807, 2.05) is 0 Å². The van der Waals surface area contributed by atoms with Crippen molar-refractivity contribution < 1.29 is 0 Å². The summed E-state index contributed by atoms with van der Waals surface area (Å²) in [5, 5.41) is 0. The number of nitrogens with zero attached hydrogens (tertiary/aromatic N) is 1. The molecule has 8 aromatic rings. The normalized spacial score (nSPS) is 21.8. The van der Waals surface area contributed by atoms with E-state index in [-0.39, 0.29) is 10.8 Å². The molecule has 0 aliphatic heterocycles. The Morgan fingerprint density at radius 3 is 1.77 bits per heavy atom. The predicted octanol–water partition coefficient (Wildman–Crippen LogP) is 17.9. The largest absolute Gasteiger partial charge is 0.310 e. The van der Waals surface area contributed by atoms with E-state index in [1.54, 1.807) is 11.1 Å². The summed E-state index contributed by atoms with van der Waals surface area (Å²) in [5.74, 6) is 2.26. The van der Waals surface area contributed by atoms with Crippen molar-refractivity contribution in [3.63, 3.8) is 0 Å². The number of fused-ring (bicyclic) bond motifs is 13. The van der Waals surface area contributed by atoms with Gasteiger partial charge in [-0.3, -0.25) is 0 Å². The van der Waals surface area contributed by atoms with Gasteiger partial charge in [0.15, 0.2) is 0 Å². The minimum Gasteiger partial charge on any atom is -0.310 e. The molecule has 4 atom stereocenters. The maximum absolute atomic E-state index is 2.65. The number of rotatable bonds is 7. The summed E-state index contributed by atoms with van der Waals surface area (Å²) in [6, 6.07) is 72.2. The molecular weight excluding hydrogens is 795 g/mol. The van der Waals surface area contributed by atoms with Gasteiger partial charge in [0.25, 0.3) is 0 Å². The Morgan fingerprint density at radius 1 is 0.409 bits per heavy atom. The Kier molecular flexibility index (Phi) is 9.59. The molecule has 4 unspecified atom stereocenters. The van der Waals surface area contributed by atoms with E-state index in [2.05, 4.69) is 200 Å². The van der Waals surface area contributed by atoms with Gasteiger partial charge in [-0.15, -0.1) is 0 Å². The van der Waals surface area contributed by atoms with Crippen molar-refractivity contribution in [2.24, 2.45) is 17.8 Å². The van der Waals surface area contributed by atoms with Crippen LogP contribution in [0.2, 0.25) is 0 Å². The van der Waals surface area contributed by atoms with Crippen molar-refractivity contribution in [3.8, 4) is 55.6 Å². The Balaban J connectivity index is 0.941. The molecule has 0 N–H and O–H groups in total. The van der Waals surface area contributed by atoms with Crippen LogP contribution in [0.3, 0.4) is 0 Å². The van der Waals surface area contributed by atoms with Crippen molar-refractivity contribution in [3.05, 3.63) is 210 Å². The molecule has 0 heterocycles. The fraction of sp³-hybridized carbons (Fsp3) is 0.262. The molecule has 3 saturated carbocycles. The molecule has 8 aromatic carbocycles. The zero-order valence-electron chi connectivity index (χ0n) is 38.4. The predicted molar refractivity (Wildman–Crippen MR) is 277 cm³/mol. The average molecular weight is 854 g/mol. The van der Waals surface area contributed by atoms with Crippen LogP contribution in [0, 0.1) is 17.8 Å². The van der Waals surface area contributed by atoms with Gasteiger partial charge in [0.05, 0.1) is 0 Å². The van der Waals surface area contributed by atoms with Gasteiger partial charge in [-0.25, -0.2) is 0 Å². The first-order valence-electron chi connectivity index (χ1n) is 25.3. The van der Waals surface area contributed by atoms with Gasteiger partial charge in [0, 0.05) is 27.9 Å². The van der Waals surface area contributed by atoms with E-state index in [0.717, 1.165) is 5.92 Å². The zero-order valence-corrected chi connectivity index (χ0v) is 38.4. The second-order valence-corrected chi connectivity index (χ2v) is 20.5. The van der Waals surface area contributed by atoms with Crippen molar-refractivity contribution >= 4 is 17.1 Å². The van der Waals surface area contributed by atoms with E-state index in [9.17, 15) is 0 Å². The molecule has 324 valence electrons. The fourth-order valence-electron chi connectivity index (χ4n) is 14.6. The lowest BCUT2D eigenvalue weighted by molar-refractivity contribution is 0.0557. The number of anilines is 3. The van der Waals surface area contributed by atoms with Crippen molar-refractivity contribution in [1.29, 1.82) is 0 Å². The highest BCUT2D eigenvalue weighted by atomic mass is 15.1. The van der Waals surface area contributed by atoms with Crippen LogP contribution in [0.25, 0.3) is 55.6 Å². The standard InChI is InChI=1S/C65H59N/c1-2-51-38-44-16-13-22-52(39-44)65(51)61-27-10-8-25-57(61)59-34-30-50(42-63(59)65)49-21-15-23-54(41-49)66(53-31-28-46(29-32-53)48-20-14-19-47(40-48)45-17-5-3-6-18-45)55-33-35-58-56-24-7-9-26-60(56)64(62(58)43-55)36-11-4-12-37-64/h3,5-10,14-15,17-21,23-35,40-44,51-52H,2,4,11-13,16,22,36-39H2,1H3. The maximum atomic E-state index is 2.65. The van der Waals surface area contributed by atoms with Crippen LogP contribution >= 0.6 is 0 Å². The Bertz CT molecular complexity index is 3110. The lowest BCUT2D eigenvalue weighted by Crippen LogP contribution is -2.48. The molecule has 1 nitrogen and oxygen atoms in total. The zero-order chi connectivity index (χ0) is 43.8. The molecule has 2 bridgehead atoms. The molecule has 5 aliphatic rings. The summed E-state index contributed by atoms with van der Waals surface area (Å²) >= 11 is 0. The topological polar surface area (TPSA) is 3.24 Å². The molecule has 0 amide bonds. The van der Waals surface area contributed by atoms with Gasteiger partial charge in [-0.1, -0.05) is 185 Å². The average Bonchev–Trinajstić information content (AvgIpc) is 3.82. The van der Waals surface area contributed by atoms with Gasteiger partial charge in [-0.2, -0.15) is 0 Å². The maximum Gasteiger partial charge on any atom is 0.0467 e. The lowest BCUT2D eigenvalue weighted by atomic mass is 9.50. The van der Waals surface area contributed by atoms with E-state index < -0.39 is 0 Å². The summed E-state index contributed by atoms with van der Waals surface area (Å²) < 4.78 is 0. The first-order valence-corrected chi connectivity index (χ1v) is 25.3. The molecule has 2 spiro atoms. The second kappa shape index (κ2) is 15.9. The summed E-state index contributed by atoms with van der Waals surface area (Å²) in [4.78, 5) is 2.54. The third-order valence-electron chi connectivity index (χ3n) is 17.4. The van der Waals surface area contributed by atoms with Crippen molar-refractivity contribution in [1.82, 2.24) is 0 Å². The number of hydrogen-bond acceptors (Lipinski definition) is 1. The highest BCUT2D eigenvalue weighted by Crippen LogP contribution is 2.65. The molecule has 1 heteroatoms. The van der Waals surface area contributed by atoms with Crippen LogP contribution in [0.1, 0.15) is 99.8 Å². The van der Waals surface area contributed by atoms with Crippen molar-refractivity contribution in [2.75, 3.05) is 4.90 Å². The van der Waals surface area contributed by atoms with E-state index in [1.165, 1.54) is 154 Å². The van der Waals surface area contributed by atoms with E-state index in [4.69, 9.17) is 0 Å². The van der Waals surface area contributed by atoms with Crippen LogP contribution < -0.4 is 4.90 Å². The van der Waals surface area contributed by atoms with Crippen LogP contribution in [0.5, 0.6) is 0 Å². The smallest absolute Gasteiger partial charge is 0.0467 e. The quantitative estimate of drug-likeness (QED) is 0.154. The molecule has 0 aromatic heterocycles. The summed E-state index contributed by atoms with van der Waals surface area (Å²) in [6.45, 7) is 2.47. The molecule has 3 fully saturated rings. The fourth-order valence-corrected chi connectivity index (χ4v) is 14.6. The minimum atomic E-state index is 0.0765. The highest BCUT2D eigenvalue weighted by Gasteiger charge is 2.56. The highest BCUT2D eigenvalue weighted by molar-refractivity contribution is 5.89.